The molecule has 1 amide bonds. The lowest BCUT2D eigenvalue weighted by molar-refractivity contribution is -0.126. The lowest BCUT2D eigenvalue weighted by atomic mass is 9.91. The fourth-order valence-corrected chi connectivity index (χ4v) is 1.96. The van der Waals surface area contributed by atoms with Crippen LogP contribution in [0, 0.1) is 5.92 Å². The molecule has 1 aliphatic rings. The highest BCUT2D eigenvalue weighted by Crippen LogP contribution is 2.16. The largest absolute Gasteiger partial charge is 0.354 e. The Morgan fingerprint density at radius 1 is 1.53 bits per heavy atom. The first kappa shape index (κ1) is 16.7. The van der Waals surface area contributed by atoms with Crippen molar-refractivity contribution in [3.8, 4) is 0 Å². The number of hydrogen-bond acceptors (Lipinski definition) is 3. The normalized spacial score (nSPS) is 26.2. The highest BCUT2D eigenvalue weighted by molar-refractivity contribution is 5.85. The van der Waals surface area contributed by atoms with Gasteiger partial charge in [0.1, 0.15) is 0 Å². The maximum absolute atomic E-state index is 12.0. The van der Waals surface area contributed by atoms with Gasteiger partial charge < -0.3 is 15.5 Å². The van der Waals surface area contributed by atoms with Crippen molar-refractivity contribution in [1.29, 1.82) is 0 Å². The van der Waals surface area contributed by atoms with E-state index >= 15 is 0 Å². The number of nitrogens with one attached hydrogen (secondary N) is 2. The van der Waals surface area contributed by atoms with Gasteiger partial charge in [-0.2, -0.15) is 0 Å². The molecule has 0 aromatic carbocycles. The first-order valence-electron chi connectivity index (χ1n) is 6.20. The molecule has 1 fully saturated rings. The van der Waals surface area contributed by atoms with E-state index in [1.807, 2.05) is 14.1 Å². The summed E-state index contributed by atoms with van der Waals surface area (Å²) < 4.78 is 0. The summed E-state index contributed by atoms with van der Waals surface area (Å²) in [5, 5.41) is 6.40. The summed E-state index contributed by atoms with van der Waals surface area (Å²) in [5.41, 5.74) is 0. The Balaban J connectivity index is 0.00000256. The van der Waals surface area contributed by atoms with Crippen LogP contribution in [0.1, 0.15) is 26.7 Å². The minimum absolute atomic E-state index is 0. The number of hydrogen-bond donors (Lipinski definition) is 2. The molecule has 3 atom stereocenters. The van der Waals surface area contributed by atoms with Crippen molar-refractivity contribution in [1.82, 2.24) is 15.5 Å². The van der Waals surface area contributed by atoms with Crippen LogP contribution in [0.4, 0.5) is 0 Å². The molecule has 17 heavy (non-hydrogen) atoms. The van der Waals surface area contributed by atoms with Crippen molar-refractivity contribution in [2.45, 2.75) is 38.8 Å². The maximum atomic E-state index is 12.0. The summed E-state index contributed by atoms with van der Waals surface area (Å²) in [6.07, 6.45) is 2.11. The van der Waals surface area contributed by atoms with E-state index in [0.29, 0.717) is 12.1 Å². The maximum Gasteiger partial charge on any atom is 0.224 e. The Morgan fingerprint density at radius 3 is 2.71 bits per heavy atom. The van der Waals surface area contributed by atoms with Gasteiger partial charge >= 0.3 is 0 Å². The van der Waals surface area contributed by atoms with E-state index in [4.69, 9.17) is 0 Å². The molecule has 1 rings (SSSR count). The van der Waals surface area contributed by atoms with Crippen LogP contribution in [0.5, 0.6) is 0 Å². The van der Waals surface area contributed by atoms with Crippen molar-refractivity contribution in [3.63, 3.8) is 0 Å². The molecule has 5 heteroatoms. The molecule has 0 saturated carbocycles. The second-order valence-electron chi connectivity index (χ2n) is 5.05. The number of nitrogens with zero attached hydrogens (tertiary/aromatic N) is 1. The molecule has 1 aliphatic heterocycles. The number of halogens is 1. The minimum Gasteiger partial charge on any atom is -0.354 e. The fourth-order valence-electron chi connectivity index (χ4n) is 1.96. The van der Waals surface area contributed by atoms with Crippen LogP contribution in [-0.2, 0) is 4.79 Å². The summed E-state index contributed by atoms with van der Waals surface area (Å²) in [5.74, 6) is 0.344. The predicted octanol–water partition coefficient (Wildman–Crippen LogP) is 0.863. The van der Waals surface area contributed by atoms with E-state index in [-0.39, 0.29) is 24.2 Å². The van der Waals surface area contributed by atoms with E-state index in [2.05, 4.69) is 29.4 Å². The van der Waals surface area contributed by atoms with Crippen molar-refractivity contribution in [2.75, 3.05) is 27.2 Å². The van der Waals surface area contributed by atoms with Crippen LogP contribution in [0.15, 0.2) is 0 Å². The topological polar surface area (TPSA) is 44.4 Å². The summed E-state index contributed by atoms with van der Waals surface area (Å²) >= 11 is 0. The van der Waals surface area contributed by atoms with Crippen molar-refractivity contribution < 1.29 is 4.79 Å². The summed E-state index contributed by atoms with van der Waals surface area (Å²) in [4.78, 5) is 14.1. The zero-order chi connectivity index (χ0) is 12.1. The Bertz CT molecular complexity index is 236. The number of piperidine rings is 1. The standard InChI is InChI=1S/C12H25N3O.ClH/c1-9(15(3)4)8-14-12(16)11-6-5-7-13-10(11)2;/h9-11,13H,5-8H2,1-4H3,(H,14,16);1H. The van der Waals surface area contributed by atoms with Gasteiger partial charge in [0.2, 0.25) is 5.91 Å². The van der Waals surface area contributed by atoms with Crippen molar-refractivity contribution in [2.24, 2.45) is 5.92 Å². The molecule has 0 radical (unpaired) electrons. The Morgan fingerprint density at radius 2 is 2.18 bits per heavy atom. The van der Waals surface area contributed by atoms with Gasteiger partial charge in [0.25, 0.3) is 0 Å². The Kier molecular flexibility index (Phi) is 7.75. The van der Waals surface area contributed by atoms with E-state index in [9.17, 15) is 4.79 Å². The highest BCUT2D eigenvalue weighted by Gasteiger charge is 2.27. The molecular formula is C12H26ClN3O. The molecule has 0 spiro atoms. The van der Waals surface area contributed by atoms with Gasteiger partial charge in [-0.05, 0) is 47.3 Å². The third-order valence-electron chi connectivity index (χ3n) is 3.55. The summed E-state index contributed by atoms with van der Waals surface area (Å²) in [7, 11) is 4.06. The smallest absolute Gasteiger partial charge is 0.224 e. The van der Waals surface area contributed by atoms with Crippen molar-refractivity contribution in [3.05, 3.63) is 0 Å². The van der Waals surface area contributed by atoms with Crippen LogP contribution >= 0.6 is 12.4 Å². The van der Waals surface area contributed by atoms with Gasteiger partial charge in [-0.1, -0.05) is 0 Å². The third-order valence-corrected chi connectivity index (χ3v) is 3.55. The van der Waals surface area contributed by atoms with E-state index in [1.165, 1.54) is 0 Å². The molecule has 1 heterocycles. The van der Waals surface area contributed by atoms with E-state index in [1.54, 1.807) is 0 Å². The first-order valence-corrected chi connectivity index (χ1v) is 6.20. The fraction of sp³-hybridized carbons (Fsp3) is 0.917. The van der Waals surface area contributed by atoms with Gasteiger partial charge in [0.05, 0.1) is 5.92 Å². The number of carbonyl (C=O) groups excluding carboxylic acids is 1. The second-order valence-corrected chi connectivity index (χ2v) is 5.05. The highest BCUT2D eigenvalue weighted by atomic mass is 35.5. The van der Waals surface area contributed by atoms with Crippen molar-refractivity contribution >= 4 is 18.3 Å². The molecular weight excluding hydrogens is 238 g/mol. The van der Waals surface area contributed by atoms with Gasteiger partial charge in [0.15, 0.2) is 0 Å². The molecule has 2 N–H and O–H groups in total. The zero-order valence-electron chi connectivity index (χ0n) is 11.3. The lowest BCUT2D eigenvalue weighted by Crippen LogP contribution is -2.48. The van der Waals surface area contributed by atoms with Gasteiger partial charge in [-0.15, -0.1) is 12.4 Å². The summed E-state index contributed by atoms with van der Waals surface area (Å²) in [6.45, 7) is 5.98. The zero-order valence-corrected chi connectivity index (χ0v) is 12.1. The van der Waals surface area contributed by atoms with Gasteiger partial charge in [-0.3, -0.25) is 4.79 Å². The van der Waals surface area contributed by atoms with E-state index < -0.39 is 0 Å². The van der Waals surface area contributed by atoms with Crippen LogP contribution in [0.25, 0.3) is 0 Å². The second kappa shape index (κ2) is 7.90. The van der Waals surface area contributed by atoms with Gasteiger partial charge in [-0.25, -0.2) is 0 Å². The Labute approximate surface area is 111 Å². The van der Waals surface area contributed by atoms with E-state index in [0.717, 1.165) is 25.9 Å². The lowest BCUT2D eigenvalue weighted by Gasteiger charge is -2.29. The van der Waals surface area contributed by atoms with Crippen LogP contribution in [0.2, 0.25) is 0 Å². The molecule has 0 aromatic heterocycles. The number of amides is 1. The molecule has 3 unspecified atom stereocenters. The average Bonchev–Trinajstić information content (AvgIpc) is 2.25. The number of rotatable bonds is 4. The number of carbonyl (C=O) groups is 1. The number of likely N-dealkylation sites (N-methyl/N-ethyl adjacent to an activating group) is 1. The molecule has 102 valence electrons. The molecule has 0 aromatic rings. The van der Waals surface area contributed by atoms with Crippen LogP contribution in [0.3, 0.4) is 0 Å². The molecule has 0 aliphatic carbocycles. The summed E-state index contributed by atoms with van der Waals surface area (Å²) in [6, 6.07) is 0.694. The third kappa shape index (κ3) is 5.23. The molecule has 0 bridgehead atoms. The molecule has 4 nitrogen and oxygen atoms in total. The minimum atomic E-state index is 0. The van der Waals surface area contributed by atoms with Crippen LogP contribution in [-0.4, -0.2) is 50.1 Å². The van der Waals surface area contributed by atoms with Gasteiger partial charge in [0, 0.05) is 18.6 Å². The predicted molar refractivity (Wildman–Crippen MR) is 73.6 cm³/mol. The average molecular weight is 264 g/mol. The SMILES string of the molecule is CC1NCCCC1C(=O)NCC(C)N(C)C.Cl. The molecule has 1 saturated heterocycles. The first-order chi connectivity index (χ1) is 7.52. The Hall–Kier alpha value is -0.320. The van der Waals surface area contributed by atoms with Crippen LogP contribution < -0.4 is 10.6 Å². The quantitative estimate of drug-likeness (QED) is 0.791. The monoisotopic (exact) mass is 263 g/mol.